The molecule has 1 N–H and O–H groups in total. The molecule has 1 aromatic heterocycles. The predicted octanol–water partition coefficient (Wildman–Crippen LogP) is 1.21. The molecular formula is C19H31N5O3. The quantitative estimate of drug-likeness (QED) is 0.820. The summed E-state index contributed by atoms with van der Waals surface area (Å²) in [4.78, 5) is 28.0. The van der Waals surface area contributed by atoms with E-state index in [0.717, 1.165) is 32.0 Å². The van der Waals surface area contributed by atoms with Crippen LogP contribution in [0.4, 0.5) is 11.8 Å². The van der Waals surface area contributed by atoms with Gasteiger partial charge in [-0.1, -0.05) is 0 Å². The van der Waals surface area contributed by atoms with Crippen LogP contribution in [-0.4, -0.2) is 84.5 Å². The molecule has 0 saturated carbocycles. The number of ether oxygens (including phenoxy) is 1. The summed E-state index contributed by atoms with van der Waals surface area (Å²) in [7, 11) is 0. The molecule has 8 nitrogen and oxygen atoms in total. The Morgan fingerprint density at radius 2 is 1.74 bits per heavy atom. The summed E-state index contributed by atoms with van der Waals surface area (Å²) in [6, 6.07) is 0.538. The highest BCUT2D eigenvalue weighted by Crippen LogP contribution is 2.32. The van der Waals surface area contributed by atoms with Gasteiger partial charge in [-0.2, -0.15) is 4.98 Å². The summed E-state index contributed by atoms with van der Waals surface area (Å²) in [6.45, 7) is 14.2. The molecule has 1 aromatic rings. The molecule has 2 aliphatic rings. The summed E-state index contributed by atoms with van der Waals surface area (Å²) < 4.78 is 5.46. The Labute approximate surface area is 161 Å². The molecule has 0 unspecified atom stereocenters. The second-order valence-electron chi connectivity index (χ2n) is 8.05. The van der Waals surface area contributed by atoms with Crippen LogP contribution in [0, 0.1) is 0 Å². The van der Waals surface area contributed by atoms with Gasteiger partial charge in [0.25, 0.3) is 0 Å². The molecule has 0 spiro atoms. The molecular weight excluding hydrogens is 346 g/mol. The summed E-state index contributed by atoms with van der Waals surface area (Å²) >= 11 is 0. The maximum atomic E-state index is 11.8. The highest BCUT2D eigenvalue weighted by Gasteiger charge is 2.35. The zero-order valence-corrected chi connectivity index (χ0v) is 16.8. The molecule has 0 radical (unpaired) electrons. The fourth-order valence-corrected chi connectivity index (χ4v) is 3.53. The smallest absolute Gasteiger partial charge is 0.313 e. The Hall–Kier alpha value is -1.93. The van der Waals surface area contributed by atoms with E-state index in [0.29, 0.717) is 43.9 Å². The van der Waals surface area contributed by atoms with Gasteiger partial charge in [0.1, 0.15) is 5.82 Å². The van der Waals surface area contributed by atoms with Gasteiger partial charge in [-0.05, 0) is 27.7 Å². The lowest BCUT2D eigenvalue weighted by Crippen LogP contribution is -2.49. The third kappa shape index (κ3) is 4.16. The van der Waals surface area contributed by atoms with Gasteiger partial charge in [-0.25, -0.2) is 4.98 Å². The maximum Gasteiger partial charge on any atom is 0.313 e. The molecule has 3 heterocycles. The van der Waals surface area contributed by atoms with Crippen molar-refractivity contribution in [2.24, 2.45) is 0 Å². The predicted molar refractivity (Wildman–Crippen MR) is 105 cm³/mol. The Morgan fingerprint density at radius 3 is 2.30 bits per heavy atom. The van der Waals surface area contributed by atoms with Crippen LogP contribution in [0.3, 0.4) is 0 Å². The van der Waals surface area contributed by atoms with Gasteiger partial charge in [-0.15, -0.1) is 0 Å². The highest BCUT2D eigenvalue weighted by atomic mass is 16.5. The minimum Gasteiger partial charge on any atom is -0.481 e. The Morgan fingerprint density at radius 1 is 1.11 bits per heavy atom. The third-order valence-electron chi connectivity index (χ3n) is 5.60. The van der Waals surface area contributed by atoms with Crippen molar-refractivity contribution in [3.05, 3.63) is 11.8 Å². The lowest BCUT2D eigenvalue weighted by Gasteiger charge is -2.38. The number of carboxylic acid groups (broad SMARTS) is 1. The van der Waals surface area contributed by atoms with Crippen molar-refractivity contribution in [3.8, 4) is 0 Å². The van der Waals surface area contributed by atoms with Crippen molar-refractivity contribution in [3.63, 3.8) is 0 Å². The lowest BCUT2D eigenvalue weighted by molar-refractivity contribution is -0.142. The first-order valence-corrected chi connectivity index (χ1v) is 9.73. The van der Waals surface area contributed by atoms with E-state index >= 15 is 0 Å². The summed E-state index contributed by atoms with van der Waals surface area (Å²) in [5, 5.41) is 9.70. The molecule has 150 valence electrons. The van der Waals surface area contributed by atoms with Crippen LogP contribution >= 0.6 is 0 Å². The maximum absolute atomic E-state index is 11.8. The van der Waals surface area contributed by atoms with Crippen molar-refractivity contribution in [2.45, 2.75) is 39.2 Å². The molecule has 2 saturated heterocycles. The Balaban J connectivity index is 1.90. The van der Waals surface area contributed by atoms with E-state index in [1.807, 2.05) is 0 Å². The van der Waals surface area contributed by atoms with E-state index in [4.69, 9.17) is 9.72 Å². The monoisotopic (exact) mass is 377 g/mol. The number of hydrogen-bond donors (Lipinski definition) is 1. The molecule has 0 bridgehead atoms. The number of carbonyl (C=O) groups is 1. The fraction of sp³-hybridized carbons (Fsp3) is 0.737. The van der Waals surface area contributed by atoms with Crippen LogP contribution in [0.15, 0.2) is 6.20 Å². The molecule has 2 aliphatic heterocycles. The van der Waals surface area contributed by atoms with E-state index in [2.05, 4.69) is 33.5 Å². The number of nitrogens with zero attached hydrogens (tertiary/aromatic N) is 5. The van der Waals surface area contributed by atoms with Crippen LogP contribution in [0.1, 0.15) is 33.3 Å². The Kier molecular flexibility index (Phi) is 5.86. The van der Waals surface area contributed by atoms with Gasteiger partial charge in [0.2, 0.25) is 5.95 Å². The number of anilines is 2. The second kappa shape index (κ2) is 7.98. The van der Waals surface area contributed by atoms with E-state index < -0.39 is 11.4 Å². The molecule has 8 heteroatoms. The Bertz CT molecular complexity index is 665. The number of piperazine rings is 1. The molecule has 0 aromatic carbocycles. The number of aliphatic carboxylic acids is 1. The van der Waals surface area contributed by atoms with E-state index in [1.165, 1.54) is 0 Å². The van der Waals surface area contributed by atoms with E-state index in [1.54, 1.807) is 20.0 Å². The van der Waals surface area contributed by atoms with Crippen molar-refractivity contribution in [1.82, 2.24) is 14.9 Å². The van der Waals surface area contributed by atoms with Gasteiger partial charge in [0.15, 0.2) is 0 Å². The zero-order valence-electron chi connectivity index (χ0n) is 16.8. The summed E-state index contributed by atoms with van der Waals surface area (Å²) in [5.74, 6) is 0.533. The first kappa shape index (κ1) is 19.8. The molecule has 3 rings (SSSR count). The van der Waals surface area contributed by atoms with Crippen LogP contribution in [0.25, 0.3) is 0 Å². The number of hydrogen-bond acceptors (Lipinski definition) is 7. The van der Waals surface area contributed by atoms with Crippen molar-refractivity contribution < 1.29 is 14.6 Å². The van der Waals surface area contributed by atoms with Crippen molar-refractivity contribution >= 4 is 17.7 Å². The first-order chi connectivity index (χ1) is 12.8. The SMILES string of the molecule is CC(C)N1CCN(c2ncc(C(C)(C)C(=O)O)c(N3CCOCC3)n2)CC1. The molecule has 0 atom stereocenters. The van der Waals surface area contributed by atoms with Gasteiger partial charge in [0.05, 0.1) is 18.6 Å². The topological polar surface area (TPSA) is 82.0 Å². The minimum atomic E-state index is -1.05. The third-order valence-corrected chi connectivity index (χ3v) is 5.60. The number of rotatable bonds is 5. The first-order valence-electron chi connectivity index (χ1n) is 9.73. The van der Waals surface area contributed by atoms with E-state index in [9.17, 15) is 9.90 Å². The van der Waals surface area contributed by atoms with Crippen LogP contribution in [0.5, 0.6) is 0 Å². The van der Waals surface area contributed by atoms with E-state index in [-0.39, 0.29) is 0 Å². The summed E-state index contributed by atoms with van der Waals surface area (Å²) in [5.41, 5.74) is -0.399. The fourth-order valence-electron chi connectivity index (χ4n) is 3.53. The van der Waals surface area contributed by atoms with Gasteiger partial charge < -0.3 is 19.6 Å². The van der Waals surface area contributed by atoms with Crippen molar-refractivity contribution in [2.75, 3.05) is 62.3 Å². The van der Waals surface area contributed by atoms with Crippen LogP contribution in [0.2, 0.25) is 0 Å². The second-order valence-corrected chi connectivity index (χ2v) is 8.05. The minimum absolute atomic E-state index is 0.538. The summed E-state index contributed by atoms with van der Waals surface area (Å²) in [6.07, 6.45) is 1.70. The van der Waals surface area contributed by atoms with Gasteiger partial charge in [-0.3, -0.25) is 9.69 Å². The average Bonchev–Trinajstić information content (AvgIpc) is 2.68. The zero-order chi connectivity index (χ0) is 19.6. The van der Waals surface area contributed by atoms with Crippen LogP contribution < -0.4 is 9.80 Å². The number of carboxylic acids is 1. The average molecular weight is 377 g/mol. The molecule has 27 heavy (non-hydrogen) atoms. The van der Waals surface area contributed by atoms with Gasteiger partial charge in [0, 0.05) is 57.1 Å². The molecule has 0 amide bonds. The largest absolute Gasteiger partial charge is 0.481 e. The normalized spacial score (nSPS) is 19.6. The van der Waals surface area contributed by atoms with Crippen LogP contribution in [-0.2, 0) is 14.9 Å². The lowest BCUT2D eigenvalue weighted by atomic mass is 9.85. The van der Waals surface area contributed by atoms with Crippen molar-refractivity contribution in [1.29, 1.82) is 0 Å². The standard InChI is InChI=1S/C19H31N5O3/c1-14(2)22-5-7-24(8-6-22)18-20-13-15(19(3,4)17(25)26)16(21-18)23-9-11-27-12-10-23/h13-14H,5-12H2,1-4H3,(H,25,26). The number of morpholine rings is 1. The number of aromatic nitrogens is 2. The molecule has 2 fully saturated rings. The molecule has 0 aliphatic carbocycles. The highest BCUT2D eigenvalue weighted by molar-refractivity contribution is 5.82. The van der Waals surface area contributed by atoms with Gasteiger partial charge >= 0.3 is 5.97 Å².